The second-order valence-corrected chi connectivity index (χ2v) is 15.7. The second kappa shape index (κ2) is 19.0. The monoisotopic (exact) mass is 858 g/mol. The Balaban J connectivity index is 0.819. The first kappa shape index (κ1) is 42.2. The van der Waals surface area contributed by atoms with Crippen LogP contribution in [-0.2, 0) is 23.9 Å². The minimum atomic E-state index is -1.04. The summed E-state index contributed by atoms with van der Waals surface area (Å²) in [4.78, 5) is 88.2. The number of piperidine rings is 2. The van der Waals surface area contributed by atoms with Crippen LogP contribution >= 0.6 is 23.4 Å². The van der Waals surface area contributed by atoms with E-state index in [1.54, 1.807) is 36.4 Å². The number of hydrogen-bond donors (Lipinski definition) is 4. The van der Waals surface area contributed by atoms with Gasteiger partial charge in [0.15, 0.2) is 0 Å². The molecule has 2 fully saturated rings. The minimum Gasteiger partial charge on any atom is -0.494 e. The molecule has 4 N–H and O–H groups in total. The lowest BCUT2D eigenvalue weighted by atomic mass is 10.0. The third kappa shape index (κ3) is 9.73. The molecule has 312 valence electrons. The van der Waals surface area contributed by atoms with Crippen LogP contribution in [0.4, 0.5) is 21.6 Å². The number of carbonyl (C=O) groups excluding carboxylic acids is 6. The fourth-order valence-corrected chi connectivity index (χ4v) is 8.27. The smallest absolute Gasteiger partial charge is 0.263 e. The quantitative estimate of drug-likeness (QED) is 0.0566. The van der Waals surface area contributed by atoms with Crippen molar-refractivity contribution >= 4 is 86.9 Å². The van der Waals surface area contributed by atoms with Gasteiger partial charge in [0.1, 0.15) is 36.4 Å². The maximum absolute atomic E-state index is 13.7. The zero-order valence-electron chi connectivity index (χ0n) is 32.3. The van der Waals surface area contributed by atoms with E-state index in [9.17, 15) is 33.2 Å². The molecular formula is C41H40ClFN8O8S. The van der Waals surface area contributed by atoms with Crippen molar-refractivity contribution in [3.05, 3.63) is 89.0 Å². The number of fused-ring (bicyclic) bond motifs is 2. The molecule has 0 aliphatic carbocycles. The number of nitrogens with one attached hydrogen (secondary N) is 4. The molecule has 3 aliphatic heterocycles. The van der Waals surface area contributed by atoms with Crippen molar-refractivity contribution < 1.29 is 42.6 Å². The van der Waals surface area contributed by atoms with E-state index in [4.69, 9.17) is 21.1 Å². The molecule has 1 unspecified atom stereocenters. The van der Waals surface area contributed by atoms with Crippen LogP contribution in [0.2, 0.25) is 5.02 Å². The lowest BCUT2D eigenvalue weighted by Gasteiger charge is -2.31. The van der Waals surface area contributed by atoms with Crippen LogP contribution in [0.25, 0.3) is 10.9 Å². The summed E-state index contributed by atoms with van der Waals surface area (Å²) in [6.45, 7) is 2.04. The Bertz CT molecular complexity index is 2390. The highest BCUT2D eigenvalue weighted by atomic mass is 35.5. The van der Waals surface area contributed by atoms with Crippen molar-refractivity contribution in [3.8, 4) is 5.75 Å². The molecule has 3 aromatic carbocycles. The Labute approximate surface area is 352 Å². The summed E-state index contributed by atoms with van der Waals surface area (Å²) >= 11 is 7.25. The molecule has 16 nitrogen and oxygen atoms in total. The molecule has 0 radical (unpaired) electrons. The molecule has 6 amide bonds. The molecular weight excluding hydrogens is 819 g/mol. The Hall–Kier alpha value is -5.95. The lowest BCUT2D eigenvalue weighted by molar-refractivity contribution is -0.136. The van der Waals surface area contributed by atoms with Gasteiger partial charge in [-0.05, 0) is 55.7 Å². The van der Waals surface area contributed by atoms with E-state index in [2.05, 4.69) is 36.1 Å². The number of aromatic nitrogens is 2. The number of halogens is 2. The van der Waals surface area contributed by atoms with Gasteiger partial charge in [-0.2, -0.15) is 0 Å². The van der Waals surface area contributed by atoms with Crippen molar-refractivity contribution in [3.63, 3.8) is 0 Å². The van der Waals surface area contributed by atoms with Gasteiger partial charge in [0, 0.05) is 66.0 Å². The van der Waals surface area contributed by atoms with Gasteiger partial charge in [-0.15, -0.1) is 11.8 Å². The van der Waals surface area contributed by atoms with Crippen molar-refractivity contribution in [2.24, 2.45) is 0 Å². The molecule has 0 spiro atoms. The van der Waals surface area contributed by atoms with Crippen LogP contribution < -0.4 is 26.0 Å². The standard InChI is InChI=1S/C41H40ClFN8O8S/c1-58-32-20-29-26(38(45-22-44-29)47-24-7-8-28(43)27(42)18-24)19-30(32)48-34(52)6-3-13-50-14-11-23(12-15-50)46-36(54)21-59-16-17-60-33-5-2-4-25-37(33)41(57)51(40(25)56)31-9-10-35(53)49-39(31)55/h2-8,18-20,22-23,31H,9-17,21H2,1H3,(H,46,54)(H,48,52)(H,44,45,47)(H,49,53,55)/b6-3+. The van der Waals surface area contributed by atoms with Gasteiger partial charge in [0.2, 0.25) is 23.6 Å². The molecule has 4 heterocycles. The summed E-state index contributed by atoms with van der Waals surface area (Å²) in [5.74, 6) is -2.15. The van der Waals surface area contributed by atoms with Crippen molar-refractivity contribution in [1.82, 2.24) is 30.4 Å². The third-order valence-electron chi connectivity index (χ3n) is 10.1. The molecule has 0 saturated carbocycles. The first-order valence-electron chi connectivity index (χ1n) is 19.1. The largest absolute Gasteiger partial charge is 0.494 e. The number of ether oxygens (including phenoxy) is 2. The normalized spacial score (nSPS) is 17.2. The van der Waals surface area contributed by atoms with Gasteiger partial charge in [-0.3, -0.25) is 43.9 Å². The fraction of sp³-hybridized carbons (Fsp3) is 0.317. The number of anilines is 3. The summed E-state index contributed by atoms with van der Waals surface area (Å²) in [5.41, 5.74) is 1.91. The number of methoxy groups -OCH3 is 1. The van der Waals surface area contributed by atoms with E-state index in [0.29, 0.717) is 64.1 Å². The van der Waals surface area contributed by atoms with E-state index in [-0.39, 0.29) is 60.1 Å². The van der Waals surface area contributed by atoms with Crippen LogP contribution in [0.1, 0.15) is 46.4 Å². The van der Waals surface area contributed by atoms with Crippen LogP contribution in [0.15, 0.2) is 71.9 Å². The Morgan fingerprint density at radius 2 is 1.87 bits per heavy atom. The third-order valence-corrected chi connectivity index (χ3v) is 11.4. The van der Waals surface area contributed by atoms with Gasteiger partial charge >= 0.3 is 0 Å². The van der Waals surface area contributed by atoms with Crippen molar-refractivity contribution in [2.45, 2.75) is 42.7 Å². The van der Waals surface area contributed by atoms with E-state index >= 15 is 0 Å². The van der Waals surface area contributed by atoms with Crippen LogP contribution in [-0.4, -0.2) is 113 Å². The number of imide groups is 2. The van der Waals surface area contributed by atoms with Gasteiger partial charge < -0.3 is 25.4 Å². The second-order valence-electron chi connectivity index (χ2n) is 14.1. The number of hydrogen-bond acceptors (Lipinski definition) is 13. The number of amides is 6. The number of benzene rings is 3. The summed E-state index contributed by atoms with van der Waals surface area (Å²) in [5, 5.41) is 11.7. The molecule has 2 saturated heterocycles. The highest BCUT2D eigenvalue weighted by Crippen LogP contribution is 2.35. The Morgan fingerprint density at radius 3 is 2.63 bits per heavy atom. The van der Waals surface area contributed by atoms with Crippen LogP contribution in [0.5, 0.6) is 5.75 Å². The van der Waals surface area contributed by atoms with Gasteiger partial charge in [-0.25, -0.2) is 14.4 Å². The molecule has 1 atom stereocenters. The molecule has 3 aliphatic rings. The number of carbonyl (C=O) groups is 6. The summed E-state index contributed by atoms with van der Waals surface area (Å²) in [6, 6.07) is 11.5. The number of rotatable bonds is 15. The summed E-state index contributed by atoms with van der Waals surface area (Å²) in [7, 11) is 1.49. The molecule has 1 aromatic heterocycles. The molecule has 19 heteroatoms. The Morgan fingerprint density at radius 1 is 1.05 bits per heavy atom. The first-order valence-corrected chi connectivity index (χ1v) is 20.4. The zero-order chi connectivity index (χ0) is 42.3. The van der Waals surface area contributed by atoms with Gasteiger partial charge in [-0.1, -0.05) is 23.7 Å². The zero-order valence-corrected chi connectivity index (χ0v) is 33.9. The van der Waals surface area contributed by atoms with E-state index in [1.807, 2.05) is 0 Å². The van der Waals surface area contributed by atoms with Crippen molar-refractivity contribution in [2.75, 3.05) is 56.3 Å². The highest BCUT2D eigenvalue weighted by molar-refractivity contribution is 7.99. The van der Waals surface area contributed by atoms with Gasteiger partial charge in [0.25, 0.3) is 11.8 Å². The van der Waals surface area contributed by atoms with Gasteiger partial charge in [0.05, 0.1) is 41.1 Å². The number of thioether (sulfide) groups is 1. The molecule has 7 rings (SSSR count). The average Bonchev–Trinajstić information content (AvgIpc) is 3.48. The van der Waals surface area contributed by atoms with Crippen LogP contribution in [0.3, 0.4) is 0 Å². The molecule has 0 bridgehead atoms. The Kier molecular flexibility index (Phi) is 13.3. The summed E-state index contributed by atoms with van der Waals surface area (Å²) in [6.07, 6.45) is 6.16. The number of likely N-dealkylation sites (tertiary alicyclic amines) is 1. The van der Waals surface area contributed by atoms with Crippen LogP contribution in [0, 0.1) is 5.82 Å². The first-order chi connectivity index (χ1) is 29.0. The SMILES string of the molecule is COc1cc2ncnc(Nc3ccc(F)c(Cl)c3)c2cc1NC(=O)/C=C/CN1CCC(NC(=O)COCCSc2cccc3c2C(=O)N(C2CCC(=O)NC2=O)C3=O)CC1. The molecule has 4 aromatic rings. The van der Waals surface area contributed by atoms with E-state index in [0.717, 1.165) is 17.7 Å². The fourth-order valence-electron chi connectivity index (χ4n) is 7.15. The van der Waals surface area contributed by atoms with Crippen molar-refractivity contribution in [1.29, 1.82) is 0 Å². The predicted molar refractivity (Wildman–Crippen MR) is 221 cm³/mol. The highest BCUT2D eigenvalue weighted by Gasteiger charge is 2.45. The molecule has 60 heavy (non-hydrogen) atoms. The van der Waals surface area contributed by atoms with E-state index < -0.39 is 35.5 Å². The topological polar surface area (TPSA) is 201 Å². The maximum Gasteiger partial charge on any atom is 0.263 e. The predicted octanol–water partition coefficient (Wildman–Crippen LogP) is 4.46. The number of nitrogens with zero attached hydrogens (tertiary/aromatic N) is 4. The minimum absolute atomic E-state index is 0.0226. The summed E-state index contributed by atoms with van der Waals surface area (Å²) < 4.78 is 24.8. The maximum atomic E-state index is 13.7. The van der Waals surface area contributed by atoms with E-state index in [1.165, 1.54) is 49.5 Å². The lowest BCUT2D eigenvalue weighted by Crippen LogP contribution is -2.54. The average molecular weight is 859 g/mol.